The molecular weight excluding hydrogens is 897 g/mol. The molecule has 2 saturated heterocycles. The van der Waals surface area contributed by atoms with Gasteiger partial charge in [0.15, 0.2) is 0 Å². The highest BCUT2D eigenvalue weighted by atomic mass is 32.2. The molecule has 0 radical (unpaired) electrons. The maximum Gasteiger partial charge on any atom is 0.324 e. The Morgan fingerprint density at radius 2 is 1.83 bits per heavy atom. The number of pyridine rings is 1. The molecule has 3 aliphatic heterocycles. The molecule has 4 amide bonds. The number of amides is 4. The maximum absolute atomic E-state index is 14.7. The lowest BCUT2D eigenvalue weighted by Crippen LogP contribution is -2.60. The Hall–Kier alpha value is -5.52. The number of esters is 1. The fourth-order valence-corrected chi connectivity index (χ4v) is 12.7. The lowest BCUT2D eigenvalue weighted by Gasteiger charge is -2.38. The first-order chi connectivity index (χ1) is 32.9. The Morgan fingerprint density at radius 1 is 1.07 bits per heavy atom. The summed E-state index contributed by atoms with van der Waals surface area (Å²) in [5.41, 5.74) is 9.26. The zero-order valence-electron chi connectivity index (χ0n) is 41.3. The van der Waals surface area contributed by atoms with Gasteiger partial charge in [0.2, 0.25) is 5.91 Å². The van der Waals surface area contributed by atoms with Crippen LogP contribution < -0.4 is 10.7 Å². The first-order valence-corrected chi connectivity index (χ1v) is 26.4. The molecule has 16 nitrogen and oxygen atoms in total. The Morgan fingerprint density at radius 3 is 2.54 bits per heavy atom. The van der Waals surface area contributed by atoms with E-state index < -0.39 is 44.5 Å². The monoisotopic (exact) mass is 967 g/mol. The number of fused-ring (bicyclic) bond motifs is 6. The molecular formula is C52H70N8O8S. The average Bonchev–Trinajstić information content (AvgIpc) is 3.92. The van der Waals surface area contributed by atoms with Crippen LogP contribution in [-0.4, -0.2) is 135 Å². The van der Waals surface area contributed by atoms with Crippen molar-refractivity contribution in [2.24, 2.45) is 15.2 Å². The molecule has 3 atom stereocenters. The van der Waals surface area contributed by atoms with Crippen molar-refractivity contribution in [3.63, 3.8) is 0 Å². The number of carbonyl (C=O) groups is 4. The molecule has 3 N–H and O–H groups in total. The van der Waals surface area contributed by atoms with E-state index in [1.807, 2.05) is 25.1 Å². The first-order valence-electron chi connectivity index (χ1n) is 24.6. The molecule has 372 valence electrons. The lowest BCUT2D eigenvalue weighted by molar-refractivity contribution is -0.155. The van der Waals surface area contributed by atoms with Gasteiger partial charge < -0.3 is 34.3 Å². The molecule has 0 unspecified atom stereocenters. The number of rotatable bonds is 9. The number of hydrogen-bond acceptors (Lipinski definition) is 11. The van der Waals surface area contributed by atoms with Crippen molar-refractivity contribution in [1.82, 2.24) is 35.1 Å². The number of methoxy groups -OCH3 is 1. The summed E-state index contributed by atoms with van der Waals surface area (Å²) in [5, 5.41) is 16.9. The van der Waals surface area contributed by atoms with E-state index in [-0.39, 0.29) is 43.2 Å². The molecule has 6 bridgehead atoms. The summed E-state index contributed by atoms with van der Waals surface area (Å²) in [6, 6.07) is 13.6. The third-order valence-electron chi connectivity index (χ3n) is 14.8. The van der Waals surface area contributed by atoms with Gasteiger partial charge in [0.05, 0.1) is 24.1 Å². The van der Waals surface area contributed by atoms with Gasteiger partial charge in [-0.1, -0.05) is 38.8 Å². The van der Waals surface area contributed by atoms with E-state index in [2.05, 4.69) is 58.6 Å². The Balaban J connectivity index is 1.14. The Labute approximate surface area is 406 Å². The van der Waals surface area contributed by atoms with Crippen molar-refractivity contribution in [2.75, 3.05) is 65.5 Å². The van der Waals surface area contributed by atoms with E-state index in [4.69, 9.17) is 14.5 Å². The summed E-state index contributed by atoms with van der Waals surface area (Å²) in [7, 11) is 2.71. The number of phenolic OH excluding ortho intramolecular Hbond substituents is 1. The summed E-state index contributed by atoms with van der Waals surface area (Å²) in [6.45, 7) is 10.5. The minimum Gasteiger partial charge on any atom is -0.508 e. The average molecular weight is 967 g/mol. The highest BCUT2D eigenvalue weighted by Crippen LogP contribution is 2.44. The summed E-state index contributed by atoms with van der Waals surface area (Å²) in [4.78, 5) is 65.0. The van der Waals surface area contributed by atoms with Crippen LogP contribution in [0.15, 0.2) is 59.1 Å². The zero-order chi connectivity index (χ0) is 49.3. The van der Waals surface area contributed by atoms with E-state index in [0.29, 0.717) is 69.1 Å². The van der Waals surface area contributed by atoms with E-state index in [0.717, 1.165) is 70.2 Å². The van der Waals surface area contributed by atoms with Crippen LogP contribution in [0.5, 0.6) is 5.75 Å². The number of hydrazine groups is 1. The molecule has 1 saturated carbocycles. The van der Waals surface area contributed by atoms with Gasteiger partial charge in [0, 0.05) is 116 Å². The highest BCUT2D eigenvalue weighted by Gasteiger charge is 2.41. The van der Waals surface area contributed by atoms with Gasteiger partial charge in [0.1, 0.15) is 17.8 Å². The van der Waals surface area contributed by atoms with Crippen LogP contribution in [0.4, 0.5) is 4.79 Å². The first kappa shape index (κ1) is 49.9. The van der Waals surface area contributed by atoms with Crippen LogP contribution in [0.3, 0.4) is 0 Å². The normalized spacial score (nSPS) is 21.8. The van der Waals surface area contributed by atoms with Gasteiger partial charge in [-0.25, -0.2) is 18.8 Å². The number of aromatic nitrogens is 2. The summed E-state index contributed by atoms with van der Waals surface area (Å²) in [5.74, 6) is -0.480. The third-order valence-corrected chi connectivity index (χ3v) is 17.1. The fraction of sp³-hybridized carbons (Fsp3) is 0.558. The smallest absolute Gasteiger partial charge is 0.324 e. The second kappa shape index (κ2) is 20.4. The number of aromatic hydroxyl groups is 1. The number of urea groups is 1. The number of phenols is 1. The lowest BCUT2D eigenvalue weighted by atomic mass is 9.81. The van der Waals surface area contributed by atoms with Crippen LogP contribution in [0.1, 0.15) is 95.6 Å². The number of carbonyl (C=O) groups excluding carboxylic acids is 4. The van der Waals surface area contributed by atoms with Gasteiger partial charge in [-0.15, -0.1) is 0 Å². The number of ether oxygens (including phenoxy) is 2. The zero-order valence-corrected chi connectivity index (χ0v) is 42.2. The molecule has 8 rings (SSSR count). The molecule has 5 heterocycles. The topological polar surface area (TPSA) is 188 Å². The number of cyclic esters (lactones) is 1. The molecule has 2 aromatic carbocycles. The van der Waals surface area contributed by atoms with Crippen molar-refractivity contribution in [1.29, 1.82) is 0 Å². The molecule has 0 spiro atoms. The Kier molecular flexibility index (Phi) is 14.8. The van der Waals surface area contributed by atoms with Crippen molar-refractivity contribution in [2.45, 2.75) is 110 Å². The largest absolute Gasteiger partial charge is 0.508 e. The third kappa shape index (κ3) is 10.8. The predicted molar refractivity (Wildman–Crippen MR) is 267 cm³/mol. The van der Waals surface area contributed by atoms with E-state index >= 15 is 0 Å². The van der Waals surface area contributed by atoms with Crippen LogP contribution in [-0.2, 0) is 53.0 Å². The second-order valence-electron chi connectivity index (χ2n) is 20.5. The van der Waals surface area contributed by atoms with Gasteiger partial charge in [-0.2, -0.15) is 0 Å². The van der Waals surface area contributed by atoms with Crippen LogP contribution >= 0.6 is 0 Å². The van der Waals surface area contributed by atoms with Crippen molar-refractivity contribution in [3.05, 3.63) is 71.5 Å². The number of hydrogen-bond donors (Lipinski definition) is 3. The quantitative estimate of drug-likeness (QED) is 0.150. The van der Waals surface area contributed by atoms with E-state index in [9.17, 15) is 28.5 Å². The van der Waals surface area contributed by atoms with E-state index in [1.165, 1.54) is 5.01 Å². The van der Waals surface area contributed by atoms with Gasteiger partial charge in [-0.05, 0) is 110 Å². The molecule has 69 heavy (non-hydrogen) atoms. The van der Waals surface area contributed by atoms with Crippen molar-refractivity contribution < 1.29 is 38.0 Å². The summed E-state index contributed by atoms with van der Waals surface area (Å²) >= 11 is 0. The highest BCUT2D eigenvalue weighted by molar-refractivity contribution is 7.93. The number of nitrogens with zero attached hydrogens (tertiary/aromatic N) is 6. The number of benzene rings is 2. The Bertz CT molecular complexity index is 2710. The summed E-state index contributed by atoms with van der Waals surface area (Å²) < 4.78 is 31.2. The molecule has 17 heteroatoms. The maximum atomic E-state index is 14.7. The van der Waals surface area contributed by atoms with Gasteiger partial charge >= 0.3 is 12.0 Å². The van der Waals surface area contributed by atoms with Gasteiger partial charge in [-0.3, -0.25) is 24.4 Å². The van der Waals surface area contributed by atoms with Gasteiger partial charge in [0.25, 0.3) is 5.91 Å². The molecule has 1 aliphatic carbocycles. The number of nitrogens with one attached hydrogen (secondary N) is 2. The minimum atomic E-state index is -2.29. The van der Waals surface area contributed by atoms with Crippen molar-refractivity contribution in [3.8, 4) is 28.1 Å². The second-order valence-corrected chi connectivity index (χ2v) is 23.2. The van der Waals surface area contributed by atoms with E-state index in [1.54, 1.807) is 49.3 Å². The summed E-state index contributed by atoms with van der Waals surface area (Å²) in [6.07, 6.45) is 6.55. The molecule has 4 aliphatic rings. The van der Waals surface area contributed by atoms with Crippen LogP contribution in [0, 0.1) is 10.8 Å². The standard InChI is InChI=1S/C52H70N8O8S/c1-8-59-44-16-15-36-29-40(44)41(47(59)39-13-11-19-54-46(39)34(2)67-7)30-51(3,4)33-68-49(64)42-14-12-20-60(56-42)48(63)43(27-35-25-37(36)28-38(61)26-35)55-45(62)31-52(17-9-10-18-52)32-57(6)50(65)58-21-23-69(66,53-5)24-22-58/h11,13,15-16,19,25-26,28-29,34,42-43,56,61H,8-10,12,14,17-18,20-24,27,30-33H2,1-7H3,(H,55,62)/t34-,42-,43-/m0/s1. The SMILES string of the molecule is CCn1c(-c2cccnc2[C@H](C)OC)c2c3cc(ccc31)-c1cc(O)cc(c1)C[C@H](NC(=O)CC1(CN(C)C(=O)N3CCS(=O)(=NC)CC3)CCCC1)C(=O)N1CCC[C@H](N1)C(=O)OCC(C)(C)C2. The predicted octanol–water partition coefficient (Wildman–Crippen LogP) is 6.87. The molecule has 2 aromatic heterocycles. The van der Waals surface area contributed by atoms with Crippen molar-refractivity contribution >= 4 is 44.4 Å². The molecule has 3 fully saturated rings. The fourth-order valence-electron chi connectivity index (χ4n) is 11.1. The van der Waals surface area contributed by atoms with Crippen LogP contribution in [0.25, 0.3) is 33.3 Å². The minimum absolute atomic E-state index is 0.0212. The molecule has 4 aromatic rings. The van der Waals surface area contributed by atoms with Crippen LogP contribution in [0.2, 0.25) is 0 Å². The number of aryl methyl sites for hydroxylation is 1.